The van der Waals surface area contributed by atoms with Crippen LogP contribution in [0.5, 0.6) is 0 Å². The van der Waals surface area contributed by atoms with Crippen LogP contribution in [0.25, 0.3) is 0 Å². The van der Waals surface area contributed by atoms with E-state index in [9.17, 15) is 4.79 Å². The minimum atomic E-state index is -0.532. The maximum atomic E-state index is 11.7. The molecule has 25 heavy (non-hydrogen) atoms. The number of H-pyrrole nitrogens is 1. The molecule has 7 nitrogen and oxygen atoms in total. The van der Waals surface area contributed by atoms with Crippen molar-refractivity contribution in [1.29, 1.82) is 5.26 Å². The van der Waals surface area contributed by atoms with Crippen LogP contribution >= 0.6 is 0 Å². The summed E-state index contributed by atoms with van der Waals surface area (Å²) in [5.74, 6) is 0.543. The lowest BCUT2D eigenvalue weighted by Gasteiger charge is -2.18. The first kappa shape index (κ1) is 18.6. The molecule has 0 fully saturated rings. The number of nitrogens with zero attached hydrogens (tertiary/aromatic N) is 3. The van der Waals surface area contributed by atoms with Gasteiger partial charge >= 0.3 is 5.97 Å². The number of benzene rings is 1. The van der Waals surface area contributed by atoms with Gasteiger partial charge in [0.15, 0.2) is 0 Å². The molecule has 132 valence electrons. The summed E-state index contributed by atoms with van der Waals surface area (Å²) in [6.07, 6.45) is 0.829. The number of hydrogen-bond donors (Lipinski definition) is 2. The Hall–Kier alpha value is -2.72. The van der Waals surface area contributed by atoms with Gasteiger partial charge in [-0.15, -0.1) is 5.10 Å². The Morgan fingerprint density at radius 1 is 1.44 bits per heavy atom. The molecule has 2 rings (SSSR count). The standard InChI is InChI=1S/C18H23N5O2/c1-4-25-18(24)17-21-16(22-23-17)15(8-12(2)3)20-11-14-7-5-6-13(9-14)10-19/h5-7,9,12,15,20H,4,8,11H2,1-3H3,(H,21,22,23). The fourth-order valence-corrected chi connectivity index (χ4v) is 2.47. The van der Waals surface area contributed by atoms with Crippen LogP contribution in [0.3, 0.4) is 0 Å². The molecule has 0 saturated heterocycles. The lowest BCUT2D eigenvalue weighted by Crippen LogP contribution is -2.23. The number of aromatic nitrogens is 3. The topological polar surface area (TPSA) is 104 Å². The molecule has 1 unspecified atom stereocenters. The molecule has 0 aliphatic carbocycles. The van der Waals surface area contributed by atoms with E-state index in [4.69, 9.17) is 10.00 Å². The smallest absolute Gasteiger partial charge is 0.378 e. The second-order valence-corrected chi connectivity index (χ2v) is 6.14. The van der Waals surface area contributed by atoms with Crippen molar-refractivity contribution < 1.29 is 9.53 Å². The van der Waals surface area contributed by atoms with Gasteiger partial charge in [0.1, 0.15) is 5.82 Å². The van der Waals surface area contributed by atoms with E-state index < -0.39 is 5.97 Å². The molecule has 7 heteroatoms. The van der Waals surface area contributed by atoms with Gasteiger partial charge in [-0.3, -0.25) is 5.10 Å². The maximum Gasteiger partial charge on any atom is 0.378 e. The SMILES string of the molecule is CCOC(=O)c1n[nH]c(C(CC(C)C)NCc2cccc(C#N)c2)n1. The van der Waals surface area contributed by atoms with Gasteiger partial charge in [-0.2, -0.15) is 5.26 Å². The van der Waals surface area contributed by atoms with Gasteiger partial charge in [0.2, 0.25) is 0 Å². The second kappa shape index (κ2) is 8.94. The number of nitriles is 1. The van der Waals surface area contributed by atoms with Gasteiger partial charge in [-0.25, -0.2) is 9.78 Å². The van der Waals surface area contributed by atoms with Crippen LogP contribution in [0.2, 0.25) is 0 Å². The molecule has 0 aliphatic heterocycles. The predicted molar refractivity (Wildman–Crippen MR) is 92.5 cm³/mol. The largest absolute Gasteiger partial charge is 0.460 e. The zero-order chi connectivity index (χ0) is 18.2. The zero-order valence-corrected chi connectivity index (χ0v) is 14.7. The molecule has 1 atom stereocenters. The van der Waals surface area contributed by atoms with E-state index in [0.717, 1.165) is 12.0 Å². The Balaban J connectivity index is 2.10. The van der Waals surface area contributed by atoms with Gasteiger partial charge in [-0.1, -0.05) is 26.0 Å². The molecule has 1 aromatic heterocycles. The second-order valence-electron chi connectivity index (χ2n) is 6.14. The third kappa shape index (κ3) is 5.40. The molecular weight excluding hydrogens is 318 g/mol. The number of esters is 1. The van der Waals surface area contributed by atoms with Crippen molar-refractivity contribution in [2.75, 3.05) is 6.61 Å². The van der Waals surface area contributed by atoms with Gasteiger partial charge < -0.3 is 10.1 Å². The van der Waals surface area contributed by atoms with Crippen molar-refractivity contribution in [3.63, 3.8) is 0 Å². The van der Waals surface area contributed by atoms with Crippen LogP contribution in [-0.2, 0) is 11.3 Å². The summed E-state index contributed by atoms with van der Waals surface area (Å²) < 4.78 is 4.92. The van der Waals surface area contributed by atoms with Crippen molar-refractivity contribution in [2.24, 2.45) is 5.92 Å². The number of ether oxygens (including phenoxy) is 1. The van der Waals surface area contributed by atoms with Crippen molar-refractivity contribution in [1.82, 2.24) is 20.5 Å². The van der Waals surface area contributed by atoms with Gasteiger partial charge in [-0.05, 0) is 37.0 Å². The average molecular weight is 341 g/mol. The fraction of sp³-hybridized carbons (Fsp3) is 0.444. The highest BCUT2D eigenvalue weighted by Crippen LogP contribution is 2.19. The normalized spacial score (nSPS) is 12.0. The third-order valence-electron chi connectivity index (χ3n) is 3.61. The maximum absolute atomic E-state index is 11.7. The Morgan fingerprint density at radius 3 is 2.92 bits per heavy atom. The molecule has 2 aromatic rings. The summed E-state index contributed by atoms with van der Waals surface area (Å²) in [5.41, 5.74) is 1.64. The Labute approximate surface area is 147 Å². The number of carbonyl (C=O) groups is 1. The Kier molecular flexibility index (Phi) is 6.66. The highest BCUT2D eigenvalue weighted by Gasteiger charge is 2.20. The summed E-state index contributed by atoms with van der Waals surface area (Å²) in [5, 5.41) is 19.2. The number of nitrogens with one attached hydrogen (secondary N) is 2. The molecule has 2 N–H and O–H groups in total. The first-order valence-electron chi connectivity index (χ1n) is 8.35. The van der Waals surface area contributed by atoms with Crippen molar-refractivity contribution in [3.05, 3.63) is 47.0 Å². The van der Waals surface area contributed by atoms with E-state index in [2.05, 4.69) is 40.4 Å². The summed E-state index contributed by atoms with van der Waals surface area (Å²) >= 11 is 0. The summed E-state index contributed by atoms with van der Waals surface area (Å²) in [6, 6.07) is 9.51. The summed E-state index contributed by atoms with van der Waals surface area (Å²) in [6.45, 7) is 6.85. The van der Waals surface area contributed by atoms with Gasteiger partial charge in [0, 0.05) is 6.54 Å². The van der Waals surface area contributed by atoms with Crippen LogP contribution in [-0.4, -0.2) is 27.8 Å². The van der Waals surface area contributed by atoms with Crippen LogP contribution in [0.15, 0.2) is 24.3 Å². The van der Waals surface area contributed by atoms with E-state index in [1.54, 1.807) is 13.0 Å². The molecule has 0 radical (unpaired) electrons. The Bertz CT molecular complexity index is 748. The number of aromatic amines is 1. The van der Waals surface area contributed by atoms with Crippen molar-refractivity contribution in [3.8, 4) is 6.07 Å². The Morgan fingerprint density at radius 2 is 2.24 bits per heavy atom. The van der Waals surface area contributed by atoms with Gasteiger partial charge in [0.05, 0.1) is 24.3 Å². The number of hydrogen-bond acceptors (Lipinski definition) is 6. The summed E-state index contributed by atoms with van der Waals surface area (Å²) in [4.78, 5) is 16.0. The highest BCUT2D eigenvalue weighted by molar-refractivity contribution is 5.84. The molecule has 0 aliphatic rings. The van der Waals surface area contributed by atoms with Crippen LogP contribution in [0.1, 0.15) is 60.8 Å². The lowest BCUT2D eigenvalue weighted by molar-refractivity contribution is 0.0512. The fourth-order valence-electron chi connectivity index (χ4n) is 2.47. The minimum Gasteiger partial charge on any atom is -0.460 e. The molecule has 1 aromatic carbocycles. The van der Waals surface area contributed by atoms with Crippen LogP contribution in [0.4, 0.5) is 0 Å². The molecule has 0 spiro atoms. The summed E-state index contributed by atoms with van der Waals surface area (Å²) in [7, 11) is 0. The number of carbonyl (C=O) groups excluding carboxylic acids is 1. The van der Waals surface area contributed by atoms with E-state index >= 15 is 0 Å². The highest BCUT2D eigenvalue weighted by atomic mass is 16.5. The lowest BCUT2D eigenvalue weighted by atomic mass is 10.0. The third-order valence-corrected chi connectivity index (χ3v) is 3.61. The quantitative estimate of drug-likeness (QED) is 0.716. The van der Waals surface area contributed by atoms with E-state index in [-0.39, 0.29) is 18.5 Å². The molecular formula is C18H23N5O2. The predicted octanol–water partition coefficient (Wildman–Crippen LogP) is 2.73. The monoisotopic (exact) mass is 341 g/mol. The molecule has 0 bridgehead atoms. The van der Waals surface area contributed by atoms with Gasteiger partial charge in [0.25, 0.3) is 5.82 Å². The van der Waals surface area contributed by atoms with Crippen LogP contribution in [0, 0.1) is 17.2 Å². The van der Waals surface area contributed by atoms with Crippen LogP contribution < -0.4 is 5.32 Å². The average Bonchev–Trinajstić information content (AvgIpc) is 3.09. The van der Waals surface area contributed by atoms with E-state index in [1.807, 2.05) is 18.2 Å². The zero-order valence-electron chi connectivity index (χ0n) is 14.7. The first-order chi connectivity index (χ1) is 12.0. The minimum absolute atomic E-state index is 0.0406. The molecule has 0 amide bonds. The van der Waals surface area contributed by atoms with Crippen molar-refractivity contribution in [2.45, 2.75) is 39.8 Å². The van der Waals surface area contributed by atoms with E-state index in [1.165, 1.54) is 0 Å². The van der Waals surface area contributed by atoms with Crippen molar-refractivity contribution >= 4 is 5.97 Å². The molecule has 1 heterocycles. The number of rotatable bonds is 8. The van der Waals surface area contributed by atoms with E-state index in [0.29, 0.717) is 23.9 Å². The molecule has 0 saturated carbocycles. The first-order valence-corrected chi connectivity index (χ1v) is 8.35.